The fraction of sp³-hybridized carbons (Fsp3) is 0.562. The van der Waals surface area contributed by atoms with Crippen LogP contribution in [0.15, 0.2) is 6.07 Å². The summed E-state index contributed by atoms with van der Waals surface area (Å²) in [4.78, 5) is 0. The quantitative estimate of drug-likeness (QED) is 0.624. The highest BCUT2D eigenvalue weighted by molar-refractivity contribution is 7.80. The van der Waals surface area contributed by atoms with Crippen LogP contribution in [0.3, 0.4) is 0 Å². The molecule has 0 unspecified atom stereocenters. The van der Waals surface area contributed by atoms with Gasteiger partial charge in [0, 0.05) is 43.6 Å². The minimum atomic E-state index is 0.682. The third-order valence-corrected chi connectivity index (χ3v) is 4.31. The van der Waals surface area contributed by atoms with Gasteiger partial charge in [-0.05, 0) is 52.4 Å². The van der Waals surface area contributed by atoms with Crippen molar-refractivity contribution < 1.29 is 0 Å². The number of rotatable bonds is 6. The van der Waals surface area contributed by atoms with Gasteiger partial charge in [-0.2, -0.15) is 10.2 Å². The zero-order valence-corrected chi connectivity index (χ0v) is 15.4. The van der Waals surface area contributed by atoms with Gasteiger partial charge in [-0.15, -0.1) is 0 Å². The van der Waals surface area contributed by atoms with Crippen LogP contribution in [-0.2, 0) is 20.1 Å². The molecule has 2 rings (SSSR count). The molecular formula is C16H26N6S. The smallest absolute Gasteiger partial charge is 0.166 e. The second-order valence-corrected chi connectivity index (χ2v) is 6.29. The van der Waals surface area contributed by atoms with Gasteiger partial charge < -0.3 is 10.6 Å². The lowest BCUT2D eigenvalue weighted by atomic mass is 10.2. The van der Waals surface area contributed by atoms with Gasteiger partial charge in [0.15, 0.2) is 5.11 Å². The Balaban J connectivity index is 1.70. The van der Waals surface area contributed by atoms with E-state index in [-0.39, 0.29) is 0 Å². The molecule has 0 atom stereocenters. The average molecular weight is 334 g/mol. The Labute approximate surface area is 143 Å². The Morgan fingerprint density at radius 3 is 2.48 bits per heavy atom. The first-order chi connectivity index (χ1) is 10.9. The first-order valence-corrected chi connectivity index (χ1v) is 8.31. The highest BCUT2D eigenvalue weighted by atomic mass is 32.1. The summed E-state index contributed by atoms with van der Waals surface area (Å²) in [7, 11) is 1.96. The first-order valence-electron chi connectivity index (χ1n) is 7.90. The van der Waals surface area contributed by atoms with Crippen LogP contribution in [0.4, 0.5) is 0 Å². The minimum absolute atomic E-state index is 0.682. The summed E-state index contributed by atoms with van der Waals surface area (Å²) in [5.74, 6) is 0. The fourth-order valence-corrected chi connectivity index (χ4v) is 2.81. The number of hydrogen-bond donors (Lipinski definition) is 2. The van der Waals surface area contributed by atoms with E-state index in [9.17, 15) is 0 Å². The molecular weight excluding hydrogens is 308 g/mol. The van der Waals surface area contributed by atoms with Gasteiger partial charge in [-0.25, -0.2) is 0 Å². The Bertz CT molecular complexity index is 685. The SMILES string of the molecule is Cc1cc(C)n(CCCNC(=S)NCc2c(C)nn(C)c2C)n1. The lowest BCUT2D eigenvalue weighted by Crippen LogP contribution is -2.35. The van der Waals surface area contributed by atoms with E-state index in [1.165, 1.54) is 17.0 Å². The molecule has 0 radical (unpaired) electrons. The number of aromatic nitrogens is 4. The van der Waals surface area contributed by atoms with Crippen LogP contribution < -0.4 is 10.6 Å². The molecule has 0 fully saturated rings. The van der Waals surface area contributed by atoms with Crippen molar-refractivity contribution in [2.45, 2.75) is 47.2 Å². The van der Waals surface area contributed by atoms with Crippen LogP contribution in [0, 0.1) is 27.7 Å². The summed E-state index contributed by atoms with van der Waals surface area (Å²) in [6.07, 6.45) is 0.981. The van der Waals surface area contributed by atoms with Gasteiger partial charge in [-0.3, -0.25) is 9.36 Å². The topological polar surface area (TPSA) is 59.7 Å². The molecule has 2 aromatic heterocycles. The monoisotopic (exact) mass is 334 g/mol. The van der Waals surface area contributed by atoms with Gasteiger partial charge in [-0.1, -0.05) is 0 Å². The molecule has 0 aliphatic carbocycles. The highest BCUT2D eigenvalue weighted by Gasteiger charge is 2.09. The molecule has 0 spiro atoms. The summed E-state index contributed by atoms with van der Waals surface area (Å²) < 4.78 is 3.94. The van der Waals surface area contributed by atoms with E-state index in [1.54, 1.807) is 0 Å². The van der Waals surface area contributed by atoms with Crippen molar-refractivity contribution in [3.63, 3.8) is 0 Å². The molecule has 0 aliphatic rings. The van der Waals surface area contributed by atoms with Crippen LogP contribution in [0.25, 0.3) is 0 Å². The number of aryl methyl sites for hydroxylation is 5. The summed E-state index contributed by atoms with van der Waals surface area (Å²) in [6.45, 7) is 10.6. The molecule has 2 heterocycles. The molecule has 0 bridgehead atoms. The van der Waals surface area contributed by atoms with Gasteiger partial charge in [0.25, 0.3) is 0 Å². The number of nitrogens with one attached hydrogen (secondary N) is 2. The van der Waals surface area contributed by atoms with Gasteiger partial charge in [0.2, 0.25) is 0 Å². The van der Waals surface area contributed by atoms with Crippen molar-refractivity contribution >= 4 is 17.3 Å². The molecule has 0 aliphatic heterocycles. The zero-order valence-electron chi connectivity index (χ0n) is 14.6. The largest absolute Gasteiger partial charge is 0.363 e. The normalized spacial score (nSPS) is 10.8. The van der Waals surface area contributed by atoms with Gasteiger partial charge in [0.05, 0.1) is 11.4 Å². The minimum Gasteiger partial charge on any atom is -0.363 e. The maximum atomic E-state index is 5.33. The number of nitrogens with zero attached hydrogens (tertiary/aromatic N) is 4. The first kappa shape index (κ1) is 17.5. The molecule has 6 nitrogen and oxygen atoms in total. The van der Waals surface area contributed by atoms with Crippen molar-refractivity contribution in [1.82, 2.24) is 30.2 Å². The molecule has 0 aromatic carbocycles. The number of thiocarbonyl (C=S) groups is 1. The summed E-state index contributed by atoms with van der Waals surface area (Å²) in [5.41, 5.74) is 5.69. The molecule has 2 aromatic rings. The third-order valence-electron chi connectivity index (χ3n) is 4.02. The van der Waals surface area contributed by atoms with E-state index in [4.69, 9.17) is 12.2 Å². The van der Waals surface area contributed by atoms with Crippen molar-refractivity contribution in [1.29, 1.82) is 0 Å². The van der Waals surface area contributed by atoms with E-state index in [0.717, 1.165) is 30.9 Å². The van der Waals surface area contributed by atoms with Crippen LogP contribution in [0.5, 0.6) is 0 Å². The summed E-state index contributed by atoms with van der Waals surface area (Å²) in [5, 5.41) is 16.0. The standard InChI is InChI=1S/C16H26N6S/c1-11-9-12(2)22(19-11)8-6-7-17-16(23)18-10-15-13(3)20-21(5)14(15)4/h9H,6-8,10H2,1-5H3,(H2,17,18,23). The van der Waals surface area contributed by atoms with Crippen LogP contribution in [-0.4, -0.2) is 31.2 Å². The molecule has 23 heavy (non-hydrogen) atoms. The average Bonchev–Trinajstić information content (AvgIpc) is 2.92. The van der Waals surface area contributed by atoms with Crippen LogP contribution >= 0.6 is 12.2 Å². The molecule has 0 saturated heterocycles. The van der Waals surface area contributed by atoms with E-state index < -0.39 is 0 Å². The molecule has 2 N–H and O–H groups in total. The van der Waals surface area contributed by atoms with Crippen molar-refractivity contribution in [2.75, 3.05) is 6.54 Å². The second-order valence-electron chi connectivity index (χ2n) is 5.89. The maximum absolute atomic E-state index is 5.33. The predicted octanol–water partition coefficient (Wildman–Crippen LogP) is 1.90. The van der Waals surface area contributed by atoms with Crippen molar-refractivity contribution in [3.8, 4) is 0 Å². The summed E-state index contributed by atoms with van der Waals surface area (Å²) >= 11 is 5.33. The Kier molecular flexibility index (Phi) is 5.76. The Hall–Kier alpha value is -1.89. The molecule has 0 saturated carbocycles. The van der Waals surface area contributed by atoms with Crippen molar-refractivity contribution in [2.24, 2.45) is 7.05 Å². The Morgan fingerprint density at radius 2 is 1.91 bits per heavy atom. The van der Waals surface area contributed by atoms with E-state index in [0.29, 0.717) is 11.7 Å². The second kappa shape index (κ2) is 7.59. The van der Waals surface area contributed by atoms with E-state index >= 15 is 0 Å². The molecule has 0 amide bonds. The van der Waals surface area contributed by atoms with Gasteiger partial charge in [0.1, 0.15) is 0 Å². The maximum Gasteiger partial charge on any atom is 0.166 e. The fourth-order valence-electron chi connectivity index (χ4n) is 2.64. The van der Waals surface area contributed by atoms with E-state index in [2.05, 4.69) is 40.7 Å². The molecule has 7 heteroatoms. The van der Waals surface area contributed by atoms with Crippen LogP contribution in [0.1, 0.15) is 34.8 Å². The van der Waals surface area contributed by atoms with E-state index in [1.807, 2.05) is 30.3 Å². The van der Waals surface area contributed by atoms with Crippen molar-refractivity contribution in [3.05, 3.63) is 34.4 Å². The summed E-state index contributed by atoms with van der Waals surface area (Å²) in [6, 6.07) is 2.10. The highest BCUT2D eigenvalue weighted by Crippen LogP contribution is 2.11. The Morgan fingerprint density at radius 1 is 1.17 bits per heavy atom. The zero-order chi connectivity index (χ0) is 17.0. The number of hydrogen-bond acceptors (Lipinski definition) is 3. The third kappa shape index (κ3) is 4.54. The van der Waals surface area contributed by atoms with Crippen LogP contribution in [0.2, 0.25) is 0 Å². The molecule has 126 valence electrons. The lowest BCUT2D eigenvalue weighted by Gasteiger charge is -2.11. The lowest BCUT2D eigenvalue weighted by molar-refractivity contribution is 0.556. The van der Waals surface area contributed by atoms with Gasteiger partial charge >= 0.3 is 0 Å². The predicted molar refractivity (Wildman–Crippen MR) is 96.4 cm³/mol.